The van der Waals surface area contributed by atoms with Gasteiger partial charge in [0.2, 0.25) is 0 Å². The Morgan fingerprint density at radius 2 is 2.21 bits per heavy atom. The predicted octanol–water partition coefficient (Wildman–Crippen LogP) is 2.19. The smallest absolute Gasteiger partial charge is 0.142 e. The number of rotatable bonds is 4. The van der Waals surface area contributed by atoms with Crippen LogP contribution in [0, 0.1) is 11.3 Å². The first-order chi connectivity index (χ1) is 6.81. The summed E-state index contributed by atoms with van der Waals surface area (Å²) in [5.74, 6) is 0.897. The van der Waals surface area contributed by atoms with Crippen molar-refractivity contribution in [1.82, 2.24) is 4.98 Å². The van der Waals surface area contributed by atoms with E-state index in [1.807, 2.05) is 12.1 Å². The molecule has 0 atom stereocenters. The van der Waals surface area contributed by atoms with Crippen molar-refractivity contribution in [3.05, 3.63) is 23.9 Å². The highest BCUT2D eigenvalue weighted by molar-refractivity contribution is 5.41. The third-order valence-electron chi connectivity index (χ3n) is 2.05. The minimum atomic E-state index is 0.483. The predicted molar refractivity (Wildman–Crippen MR) is 57.1 cm³/mol. The molecule has 1 rings (SSSR count). The van der Waals surface area contributed by atoms with Gasteiger partial charge < -0.3 is 4.90 Å². The van der Waals surface area contributed by atoms with Crippen LogP contribution in [0.5, 0.6) is 0 Å². The van der Waals surface area contributed by atoms with E-state index < -0.39 is 0 Å². The summed E-state index contributed by atoms with van der Waals surface area (Å²) in [5, 5.41) is 8.72. The van der Waals surface area contributed by atoms with Gasteiger partial charge in [-0.05, 0) is 25.5 Å². The Labute approximate surface area is 85.0 Å². The lowest BCUT2D eigenvalue weighted by Crippen LogP contribution is -2.24. The first-order valence-electron chi connectivity index (χ1n) is 4.94. The highest BCUT2D eigenvalue weighted by Gasteiger charge is 2.04. The second kappa shape index (κ2) is 5.23. The SMILES string of the molecule is CCCN(CC)c1cccc(C#N)n1. The van der Waals surface area contributed by atoms with E-state index in [0.29, 0.717) is 5.69 Å². The van der Waals surface area contributed by atoms with Crippen molar-refractivity contribution >= 4 is 5.82 Å². The number of pyridine rings is 1. The van der Waals surface area contributed by atoms with Crippen molar-refractivity contribution in [1.29, 1.82) is 5.26 Å². The second-order valence-corrected chi connectivity index (χ2v) is 3.07. The maximum atomic E-state index is 8.72. The van der Waals surface area contributed by atoms with Gasteiger partial charge in [0.1, 0.15) is 17.6 Å². The summed E-state index contributed by atoms with van der Waals surface area (Å²) in [6, 6.07) is 7.59. The normalized spacial score (nSPS) is 9.50. The van der Waals surface area contributed by atoms with Crippen LogP contribution >= 0.6 is 0 Å². The second-order valence-electron chi connectivity index (χ2n) is 3.07. The summed E-state index contributed by atoms with van der Waals surface area (Å²) in [6.07, 6.45) is 1.09. The average molecular weight is 189 g/mol. The van der Waals surface area contributed by atoms with E-state index in [9.17, 15) is 0 Å². The number of anilines is 1. The zero-order chi connectivity index (χ0) is 10.4. The molecular formula is C11H15N3. The summed E-state index contributed by atoms with van der Waals surface area (Å²) in [5.41, 5.74) is 0.483. The van der Waals surface area contributed by atoms with Crippen molar-refractivity contribution in [2.45, 2.75) is 20.3 Å². The van der Waals surface area contributed by atoms with Gasteiger partial charge in [0, 0.05) is 13.1 Å². The van der Waals surface area contributed by atoms with E-state index in [0.717, 1.165) is 25.3 Å². The van der Waals surface area contributed by atoms with Crippen LogP contribution in [0.2, 0.25) is 0 Å². The molecule has 0 aliphatic carbocycles. The van der Waals surface area contributed by atoms with Gasteiger partial charge in [0.25, 0.3) is 0 Å². The minimum absolute atomic E-state index is 0.483. The van der Waals surface area contributed by atoms with Crippen LogP contribution in [-0.2, 0) is 0 Å². The highest BCUT2D eigenvalue weighted by atomic mass is 15.2. The zero-order valence-electron chi connectivity index (χ0n) is 8.70. The number of hydrogen-bond donors (Lipinski definition) is 0. The van der Waals surface area contributed by atoms with E-state index in [-0.39, 0.29) is 0 Å². The monoisotopic (exact) mass is 189 g/mol. The molecule has 0 N–H and O–H groups in total. The Morgan fingerprint density at radius 1 is 1.43 bits per heavy atom. The van der Waals surface area contributed by atoms with Gasteiger partial charge >= 0.3 is 0 Å². The summed E-state index contributed by atoms with van der Waals surface area (Å²) in [7, 11) is 0. The summed E-state index contributed by atoms with van der Waals surface area (Å²) < 4.78 is 0. The lowest BCUT2D eigenvalue weighted by Gasteiger charge is -2.20. The molecule has 0 saturated carbocycles. The molecule has 0 aliphatic rings. The van der Waals surface area contributed by atoms with E-state index >= 15 is 0 Å². The van der Waals surface area contributed by atoms with Crippen molar-refractivity contribution in [2.75, 3.05) is 18.0 Å². The molecule has 0 amide bonds. The standard InChI is InChI=1S/C11H15N3/c1-3-8-14(4-2)11-7-5-6-10(9-12)13-11/h5-7H,3-4,8H2,1-2H3. The fourth-order valence-corrected chi connectivity index (χ4v) is 1.37. The molecule has 1 aromatic rings. The van der Waals surface area contributed by atoms with Crippen molar-refractivity contribution in [3.8, 4) is 6.07 Å². The van der Waals surface area contributed by atoms with E-state index in [4.69, 9.17) is 5.26 Å². The molecule has 0 bridgehead atoms. The molecule has 0 spiro atoms. The maximum Gasteiger partial charge on any atom is 0.142 e. The summed E-state index contributed by atoms with van der Waals surface area (Å²) in [6.45, 7) is 6.14. The third kappa shape index (κ3) is 2.46. The first kappa shape index (κ1) is 10.5. The average Bonchev–Trinajstić information content (AvgIpc) is 2.26. The Morgan fingerprint density at radius 3 is 2.79 bits per heavy atom. The molecule has 0 unspecified atom stereocenters. The minimum Gasteiger partial charge on any atom is -0.357 e. The fraction of sp³-hybridized carbons (Fsp3) is 0.455. The third-order valence-corrected chi connectivity index (χ3v) is 2.05. The van der Waals surface area contributed by atoms with Crippen LogP contribution in [0.4, 0.5) is 5.82 Å². The number of nitriles is 1. The molecule has 14 heavy (non-hydrogen) atoms. The summed E-state index contributed by atoms with van der Waals surface area (Å²) in [4.78, 5) is 6.41. The van der Waals surface area contributed by atoms with Crippen LogP contribution in [0.1, 0.15) is 26.0 Å². The molecular weight excluding hydrogens is 174 g/mol. The highest BCUT2D eigenvalue weighted by Crippen LogP contribution is 2.10. The van der Waals surface area contributed by atoms with Gasteiger partial charge in [-0.2, -0.15) is 5.26 Å². The summed E-state index contributed by atoms with van der Waals surface area (Å²) >= 11 is 0. The topological polar surface area (TPSA) is 39.9 Å². The van der Waals surface area contributed by atoms with E-state index in [2.05, 4.69) is 29.8 Å². The number of hydrogen-bond acceptors (Lipinski definition) is 3. The van der Waals surface area contributed by atoms with Gasteiger partial charge in [0.05, 0.1) is 0 Å². The van der Waals surface area contributed by atoms with E-state index in [1.165, 1.54) is 0 Å². The number of aromatic nitrogens is 1. The Hall–Kier alpha value is -1.56. The molecule has 0 fully saturated rings. The molecule has 1 heterocycles. The van der Waals surface area contributed by atoms with Crippen LogP contribution in [0.3, 0.4) is 0 Å². The molecule has 0 aliphatic heterocycles. The molecule has 0 radical (unpaired) electrons. The molecule has 74 valence electrons. The molecule has 3 heteroatoms. The maximum absolute atomic E-state index is 8.72. The Balaban J connectivity index is 2.87. The van der Waals surface area contributed by atoms with Gasteiger partial charge in [-0.1, -0.05) is 13.0 Å². The van der Waals surface area contributed by atoms with Crippen LogP contribution in [0.15, 0.2) is 18.2 Å². The zero-order valence-corrected chi connectivity index (χ0v) is 8.70. The van der Waals surface area contributed by atoms with E-state index in [1.54, 1.807) is 6.07 Å². The Kier molecular flexibility index (Phi) is 3.93. The van der Waals surface area contributed by atoms with Gasteiger partial charge in [-0.15, -0.1) is 0 Å². The van der Waals surface area contributed by atoms with Crippen LogP contribution in [-0.4, -0.2) is 18.1 Å². The Bertz CT molecular complexity index is 328. The van der Waals surface area contributed by atoms with Crippen molar-refractivity contribution in [3.63, 3.8) is 0 Å². The van der Waals surface area contributed by atoms with Gasteiger partial charge in [-0.3, -0.25) is 0 Å². The van der Waals surface area contributed by atoms with Crippen LogP contribution < -0.4 is 4.90 Å². The number of nitrogens with zero attached hydrogens (tertiary/aromatic N) is 3. The van der Waals surface area contributed by atoms with Gasteiger partial charge in [-0.25, -0.2) is 4.98 Å². The van der Waals surface area contributed by atoms with Crippen molar-refractivity contribution < 1.29 is 0 Å². The molecule has 0 aromatic carbocycles. The van der Waals surface area contributed by atoms with Crippen molar-refractivity contribution in [2.24, 2.45) is 0 Å². The molecule has 0 saturated heterocycles. The fourth-order valence-electron chi connectivity index (χ4n) is 1.37. The quantitative estimate of drug-likeness (QED) is 0.729. The molecule has 3 nitrogen and oxygen atoms in total. The lowest BCUT2D eigenvalue weighted by atomic mass is 10.3. The molecule has 1 aromatic heterocycles. The first-order valence-corrected chi connectivity index (χ1v) is 4.94. The lowest BCUT2D eigenvalue weighted by molar-refractivity contribution is 0.778. The van der Waals surface area contributed by atoms with Crippen LogP contribution in [0.25, 0.3) is 0 Å². The largest absolute Gasteiger partial charge is 0.357 e. The van der Waals surface area contributed by atoms with Gasteiger partial charge in [0.15, 0.2) is 0 Å².